The fourth-order valence-electron chi connectivity index (χ4n) is 3.44. The molecule has 4 nitrogen and oxygen atoms in total. The molecular formula is C21H14F6O4. The first-order chi connectivity index (χ1) is 14.5. The maximum atomic E-state index is 13.1. The van der Waals surface area contributed by atoms with Crippen LogP contribution in [0, 0.1) is 0 Å². The Morgan fingerprint density at radius 3 is 2.00 bits per heavy atom. The molecule has 0 unspecified atom stereocenters. The third-order valence-corrected chi connectivity index (χ3v) is 4.88. The van der Waals surface area contributed by atoms with E-state index in [0.29, 0.717) is 0 Å². The van der Waals surface area contributed by atoms with Crippen LogP contribution in [0.4, 0.5) is 26.3 Å². The fraction of sp³-hybridized carbons (Fsp3) is 0.286. The summed E-state index contributed by atoms with van der Waals surface area (Å²) in [4.78, 5) is 11.6. The average molecular weight is 444 g/mol. The normalized spacial score (nSPS) is 26.3. The van der Waals surface area contributed by atoms with Crippen molar-refractivity contribution in [1.29, 1.82) is 0 Å². The van der Waals surface area contributed by atoms with E-state index in [2.05, 4.69) is 0 Å². The van der Waals surface area contributed by atoms with Crippen molar-refractivity contribution < 1.29 is 45.3 Å². The molecule has 2 aliphatic rings. The van der Waals surface area contributed by atoms with Gasteiger partial charge in [-0.2, -0.15) is 26.3 Å². The number of hydrogen-bond acceptors (Lipinski definition) is 4. The van der Waals surface area contributed by atoms with Crippen LogP contribution >= 0.6 is 0 Å². The molecule has 2 aromatic rings. The van der Waals surface area contributed by atoms with Gasteiger partial charge in [-0.25, -0.2) is 4.79 Å². The zero-order chi connectivity index (χ0) is 22.4. The minimum absolute atomic E-state index is 0.0257. The predicted octanol–water partition coefficient (Wildman–Crippen LogP) is 5.71. The van der Waals surface area contributed by atoms with Crippen molar-refractivity contribution in [1.82, 2.24) is 0 Å². The molecule has 2 aliphatic heterocycles. The molecule has 1 fully saturated rings. The summed E-state index contributed by atoms with van der Waals surface area (Å²) in [5.74, 6) is -2.42. The summed E-state index contributed by atoms with van der Waals surface area (Å²) in [6.45, 7) is 0. The molecule has 1 saturated heterocycles. The first-order valence-electron chi connectivity index (χ1n) is 9.05. The standard InChI is InChI=1S/C21H14F6O4/c22-20(23,24)14-5-1-3-12(9-14)16-11-19(8-7-17(28)30-19)31-18(29-16)13-4-2-6-15(10-13)21(25,26)27/h1-10,16,18H,11H2/t16-,18+,19-/m0/s1. The lowest BCUT2D eigenvalue weighted by molar-refractivity contribution is -0.335. The van der Waals surface area contributed by atoms with Crippen molar-refractivity contribution in [3.63, 3.8) is 0 Å². The minimum atomic E-state index is -4.62. The molecular weight excluding hydrogens is 430 g/mol. The molecule has 0 radical (unpaired) electrons. The summed E-state index contributed by atoms with van der Waals surface area (Å²) in [6.07, 6.45) is -9.51. The van der Waals surface area contributed by atoms with Crippen molar-refractivity contribution in [2.24, 2.45) is 0 Å². The van der Waals surface area contributed by atoms with Gasteiger partial charge in [0.2, 0.25) is 5.79 Å². The van der Waals surface area contributed by atoms with Crippen LogP contribution in [0.25, 0.3) is 0 Å². The SMILES string of the molecule is O=C1C=C[C@]2(C[C@@H](c3cccc(C(F)(F)F)c3)O[C@@H](c3cccc(C(F)(F)F)c3)O2)O1. The maximum Gasteiger partial charge on any atom is 0.416 e. The second kappa shape index (κ2) is 7.38. The van der Waals surface area contributed by atoms with Crippen LogP contribution in [0.5, 0.6) is 0 Å². The van der Waals surface area contributed by atoms with E-state index in [-0.39, 0.29) is 17.5 Å². The van der Waals surface area contributed by atoms with E-state index in [1.165, 1.54) is 24.3 Å². The van der Waals surface area contributed by atoms with E-state index in [4.69, 9.17) is 14.2 Å². The Morgan fingerprint density at radius 1 is 0.871 bits per heavy atom. The number of esters is 1. The predicted molar refractivity (Wildman–Crippen MR) is 93.1 cm³/mol. The zero-order valence-electron chi connectivity index (χ0n) is 15.5. The van der Waals surface area contributed by atoms with Crippen LogP contribution in [-0.4, -0.2) is 11.8 Å². The highest BCUT2D eigenvalue weighted by Gasteiger charge is 2.48. The molecule has 2 heterocycles. The Labute approximate surface area is 172 Å². The van der Waals surface area contributed by atoms with Gasteiger partial charge in [0.25, 0.3) is 0 Å². The van der Waals surface area contributed by atoms with Gasteiger partial charge in [-0.15, -0.1) is 0 Å². The van der Waals surface area contributed by atoms with E-state index in [0.717, 1.165) is 36.4 Å². The number of ether oxygens (including phenoxy) is 3. The van der Waals surface area contributed by atoms with E-state index < -0.39 is 47.6 Å². The third-order valence-electron chi connectivity index (χ3n) is 4.88. The molecule has 0 aromatic heterocycles. The summed E-state index contributed by atoms with van der Waals surface area (Å²) in [5, 5.41) is 0. The molecule has 0 amide bonds. The van der Waals surface area contributed by atoms with Gasteiger partial charge in [-0.3, -0.25) is 0 Å². The van der Waals surface area contributed by atoms with Crippen LogP contribution in [-0.2, 0) is 31.4 Å². The summed E-state index contributed by atoms with van der Waals surface area (Å²) >= 11 is 0. The van der Waals surface area contributed by atoms with E-state index in [1.54, 1.807) is 0 Å². The number of rotatable bonds is 2. The van der Waals surface area contributed by atoms with E-state index >= 15 is 0 Å². The van der Waals surface area contributed by atoms with Crippen LogP contribution in [0.2, 0.25) is 0 Å². The van der Waals surface area contributed by atoms with Gasteiger partial charge in [-0.1, -0.05) is 24.3 Å². The summed E-state index contributed by atoms with van der Waals surface area (Å²) in [5.41, 5.74) is -1.77. The van der Waals surface area contributed by atoms with Crippen molar-refractivity contribution in [2.45, 2.75) is 37.0 Å². The van der Waals surface area contributed by atoms with Crippen molar-refractivity contribution in [3.05, 3.63) is 82.9 Å². The third kappa shape index (κ3) is 4.45. The first-order valence-corrected chi connectivity index (χ1v) is 9.05. The lowest BCUT2D eigenvalue weighted by Crippen LogP contribution is -2.41. The molecule has 164 valence electrons. The number of halogens is 6. The highest BCUT2D eigenvalue weighted by Crippen LogP contribution is 2.46. The molecule has 4 rings (SSSR count). The molecule has 0 N–H and O–H groups in total. The summed E-state index contributed by atoms with van der Waals surface area (Å²) in [7, 11) is 0. The smallest absolute Gasteiger partial charge is 0.416 e. The highest BCUT2D eigenvalue weighted by molar-refractivity contribution is 5.85. The van der Waals surface area contributed by atoms with Crippen LogP contribution in [0.1, 0.15) is 41.1 Å². The molecule has 2 aromatic carbocycles. The van der Waals surface area contributed by atoms with Crippen molar-refractivity contribution >= 4 is 5.97 Å². The largest absolute Gasteiger partial charge is 0.426 e. The number of alkyl halides is 6. The Balaban J connectivity index is 1.72. The first kappa shape index (κ1) is 21.4. The minimum Gasteiger partial charge on any atom is -0.426 e. The van der Waals surface area contributed by atoms with Crippen LogP contribution in [0.15, 0.2) is 60.7 Å². The van der Waals surface area contributed by atoms with E-state index in [9.17, 15) is 31.1 Å². The molecule has 0 bridgehead atoms. The Bertz CT molecular complexity index is 962. The molecule has 1 spiro atoms. The number of carbonyl (C=O) groups excluding carboxylic acids is 1. The number of benzene rings is 2. The summed E-state index contributed by atoms with van der Waals surface area (Å²) < 4.78 is 95.3. The number of hydrogen-bond donors (Lipinski definition) is 0. The lowest BCUT2D eigenvalue weighted by Gasteiger charge is -2.40. The van der Waals surface area contributed by atoms with Gasteiger partial charge in [0.15, 0.2) is 6.29 Å². The summed E-state index contributed by atoms with van der Waals surface area (Å²) in [6, 6.07) is 8.51. The van der Waals surface area contributed by atoms with E-state index in [1.807, 2.05) is 0 Å². The lowest BCUT2D eigenvalue weighted by atomic mass is 9.97. The Hall–Kier alpha value is -2.85. The van der Waals surface area contributed by atoms with Gasteiger partial charge < -0.3 is 14.2 Å². The second-order valence-electron chi connectivity index (χ2n) is 7.09. The van der Waals surface area contributed by atoms with Gasteiger partial charge in [0, 0.05) is 18.1 Å². The van der Waals surface area contributed by atoms with Crippen LogP contribution < -0.4 is 0 Å². The fourth-order valence-corrected chi connectivity index (χ4v) is 3.44. The topological polar surface area (TPSA) is 44.8 Å². The molecule has 0 aliphatic carbocycles. The number of carbonyl (C=O) groups is 1. The highest BCUT2D eigenvalue weighted by atomic mass is 19.4. The van der Waals surface area contributed by atoms with Crippen molar-refractivity contribution in [3.8, 4) is 0 Å². The maximum absolute atomic E-state index is 13.1. The average Bonchev–Trinajstić information content (AvgIpc) is 3.06. The zero-order valence-corrected chi connectivity index (χ0v) is 15.5. The molecule has 10 heteroatoms. The Kier molecular flexibility index (Phi) is 5.09. The van der Waals surface area contributed by atoms with Gasteiger partial charge in [-0.05, 0) is 35.9 Å². The van der Waals surface area contributed by atoms with Crippen LogP contribution in [0.3, 0.4) is 0 Å². The van der Waals surface area contributed by atoms with Crippen molar-refractivity contribution in [2.75, 3.05) is 0 Å². The Morgan fingerprint density at radius 2 is 1.45 bits per heavy atom. The monoisotopic (exact) mass is 444 g/mol. The van der Waals surface area contributed by atoms with Gasteiger partial charge in [0.1, 0.15) is 0 Å². The molecule has 0 saturated carbocycles. The second-order valence-corrected chi connectivity index (χ2v) is 7.09. The van der Waals surface area contributed by atoms with Gasteiger partial charge >= 0.3 is 18.3 Å². The quantitative estimate of drug-likeness (QED) is 0.440. The van der Waals surface area contributed by atoms with Gasteiger partial charge in [0.05, 0.1) is 17.2 Å². The molecule has 3 atom stereocenters. The molecule has 31 heavy (non-hydrogen) atoms.